The van der Waals surface area contributed by atoms with Crippen molar-refractivity contribution in [1.82, 2.24) is 0 Å². The molecular weight excluding hydrogens is 492 g/mol. The van der Waals surface area contributed by atoms with E-state index in [0.29, 0.717) is 41.0 Å². The van der Waals surface area contributed by atoms with Gasteiger partial charge in [0.2, 0.25) is 5.88 Å². The predicted octanol–water partition coefficient (Wildman–Crippen LogP) is 5.97. The molecule has 1 aliphatic heterocycles. The van der Waals surface area contributed by atoms with E-state index in [1.807, 2.05) is 32.0 Å². The lowest BCUT2D eigenvalue weighted by molar-refractivity contribution is -0.128. The van der Waals surface area contributed by atoms with Crippen LogP contribution in [0.4, 0.5) is 0 Å². The zero-order valence-electron chi connectivity index (χ0n) is 20.4. The summed E-state index contributed by atoms with van der Waals surface area (Å²) in [4.78, 5) is 12.4. The third kappa shape index (κ3) is 5.88. The molecular formula is C29H25ClN2O5. The van der Waals surface area contributed by atoms with Gasteiger partial charge < -0.3 is 24.7 Å². The molecule has 7 nitrogen and oxygen atoms in total. The monoisotopic (exact) mass is 516 g/mol. The smallest absolute Gasteiger partial charge is 0.336 e. The summed E-state index contributed by atoms with van der Waals surface area (Å²) >= 11 is 5.89. The number of ether oxygens (including phenoxy) is 4. The van der Waals surface area contributed by atoms with Gasteiger partial charge in [-0.1, -0.05) is 35.9 Å². The Hall–Kier alpha value is -4.41. The van der Waals surface area contributed by atoms with Crippen molar-refractivity contribution < 1.29 is 23.7 Å². The number of rotatable bonds is 8. The summed E-state index contributed by atoms with van der Waals surface area (Å²) in [7, 11) is 0. The highest BCUT2D eigenvalue weighted by molar-refractivity contribution is 6.30. The summed E-state index contributed by atoms with van der Waals surface area (Å²) < 4.78 is 22.6. The van der Waals surface area contributed by atoms with E-state index < -0.39 is 11.9 Å². The van der Waals surface area contributed by atoms with Crippen molar-refractivity contribution in [3.8, 4) is 29.1 Å². The normalized spacial score (nSPS) is 14.5. The van der Waals surface area contributed by atoms with E-state index in [0.717, 1.165) is 11.1 Å². The molecule has 0 saturated carbocycles. The lowest BCUT2D eigenvalue weighted by atomic mass is 9.83. The minimum atomic E-state index is -0.559. The van der Waals surface area contributed by atoms with Crippen molar-refractivity contribution in [3.05, 3.63) is 99.9 Å². The second-order valence-corrected chi connectivity index (χ2v) is 8.44. The number of halogens is 1. The average Bonchev–Trinajstić information content (AvgIpc) is 2.89. The van der Waals surface area contributed by atoms with Crippen molar-refractivity contribution in [1.29, 1.82) is 5.26 Å². The highest BCUT2D eigenvalue weighted by Crippen LogP contribution is 2.45. The molecule has 0 radical (unpaired) electrons. The van der Waals surface area contributed by atoms with Gasteiger partial charge in [0.15, 0.2) is 11.5 Å². The Morgan fingerprint density at radius 2 is 1.78 bits per heavy atom. The van der Waals surface area contributed by atoms with Crippen LogP contribution in [0.2, 0.25) is 5.02 Å². The van der Waals surface area contributed by atoms with Gasteiger partial charge in [-0.25, -0.2) is 4.79 Å². The maximum absolute atomic E-state index is 12.4. The maximum Gasteiger partial charge on any atom is 0.336 e. The Morgan fingerprint density at radius 1 is 1.05 bits per heavy atom. The first-order chi connectivity index (χ1) is 17.9. The van der Waals surface area contributed by atoms with Crippen LogP contribution in [0.25, 0.3) is 6.08 Å². The van der Waals surface area contributed by atoms with Crippen LogP contribution in [0.5, 0.6) is 23.0 Å². The molecule has 3 aromatic carbocycles. The molecule has 1 unspecified atom stereocenters. The van der Waals surface area contributed by atoms with E-state index in [4.69, 9.17) is 36.3 Å². The van der Waals surface area contributed by atoms with E-state index in [2.05, 4.69) is 6.07 Å². The first kappa shape index (κ1) is 25.7. The van der Waals surface area contributed by atoms with Crippen LogP contribution in [0.3, 0.4) is 0 Å². The molecule has 0 bridgehead atoms. The SMILES string of the molecule is CCOc1ccc(C2C(C#N)=C(N)Oc3cc(OC(=O)/C=C/c4ccc(Cl)cc4)ccc32)cc1OCC. The molecule has 0 aromatic heterocycles. The van der Waals surface area contributed by atoms with Gasteiger partial charge in [-0.05, 0) is 61.4 Å². The van der Waals surface area contributed by atoms with E-state index in [-0.39, 0.29) is 17.2 Å². The van der Waals surface area contributed by atoms with Crippen LogP contribution in [0.15, 0.2) is 78.2 Å². The van der Waals surface area contributed by atoms with E-state index in [1.165, 1.54) is 6.08 Å². The number of benzene rings is 3. The third-order valence-electron chi connectivity index (χ3n) is 5.59. The van der Waals surface area contributed by atoms with Gasteiger partial charge in [-0.2, -0.15) is 5.26 Å². The first-order valence-corrected chi connectivity index (χ1v) is 12.1. The van der Waals surface area contributed by atoms with Crippen LogP contribution in [0.1, 0.15) is 36.5 Å². The fourth-order valence-corrected chi connectivity index (χ4v) is 4.10. The Balaban J connectivity index is 1.62. The highest BCUT2D eigenvalue weighted by atomic mass is 35.5. The number of hydrogen-bond acceptors (Lipinski definition) is 7. The number of hydrogen-bond donors (Lipinski definition) is 1. The molecule has 8 heteroatoms. The van der Waals surface area contributed by atoms with Gasteiger partial charge in [-0.15, -0.1) is 0 Å². The Labute approximate surface area is 220 Å². The molecule has 1 heterocycles. The molecule has 0 fully saturated rings. The summed E-state index contributed by atoms with van der Waals surface area (Å²) in [5.74, 6) is 0.777. The lowest BCUT2D eigenvalue weighted by Crippen LogP contribution is -2.21. The quantitative estimate of drug-likeness (QED) is 0.223. The number of nitrogens with two attached hydrogens (primary N) is 1. The first-order valence-electron chi connectivity index (χ1n) is 11.7. The van der Waals surface area contributed by atoms with Crippen molar-refractivity contribution in [2.24, 2.45) is 5.73 Å². The van der Waals surface area contributed by atoms with Crippen LogP contribution in [-0.2, 0) is 4.79 Å². The Kier molecular flexibility index (Phi) is 8.02. The molecule has 188 valence electrons. The number of nitriles is 1. The van der Waals surface area contributed by atoms with E-state index in [9.17, 15) is 10.1 Å². The average molecular weight is 517 g/mol. The number of fused-ring (bicyclic) bond motifs is 1. The minimum absolute atomic E-state index is 0.0158. The van der Waals surface area contributed by atoms with Crippen LogP contribution >= 0.6 is 11.6 Å². The van der Waals surface area contributed by atoms with Gasteiger partial charge in [-0.3, -0.25) is 0 Å². The fourth-order valence-electron chi connectivity index (χ4n) is 3.98. The summed E-state index contributed by atoms with van der Waals surface area (Å²) in [5.41, 5.74) is 8.70. The topological polar surface area (TPSA) is 104 Å². The van der Waals surface area contributed by atoms with Crippen molar-refractivity contribution in [2.75, 3.05) is 13.2 Å². The molecule has 2 N–H and O–H groups in total. The van der Waals surface area contributed by atoms with Gasteiger partial charge >= 0.3 is 5.97 Å². The minimum Gasteiger partial charge on any atom is -0.490 e. The highest BCUT2D eigenvalue weighted by Gasteiger charge is 2.31. The number of carbonyl (C=O) groups is 1. The molecule has 0 amide bonds. The molecule has 1 aliphatic rings. The van der Waals surface area contributed by atoms with Crippen LogP contribution < -0.4 is 24.7 Å². The standard InChI is InChI=1S/C29H25ClN2O5/c1-3-34-24-13-8-19(15-26(24)35-4-2)28-22-12-11-21(16-25(22)37-29(32)23(28)17-31)36-27(33)14-7-18-5-9-20(30)10-6-18/h5-16,28H,3-4,32H2,1-2H3/b14-7+. The van der Waals surface area contributed by atoms with E-state index in [1.54, 1.807) is 48.5 Å². The number of carbonyl (C=O) groups excluding carboxylic acids is 1. The second-order valence-electron chi connectivity index (χ2n) is 8.00. The molecule has 4 rings (SSSR count). The molecule has 37 heavy (non-hydrogen) atoms. The van der Waals surface area contributed by atoms with Gasteiger partial charge in [0.1, 0.15) is 23.1 Å². The second kappa shape index (κ2) is 11.5. The summed E-state index contributed by atoms with van der Waals surface area (Å²) in [5, 5.41) is 10.5. The van der Waals surface area contributed by atoms with Crippen molar-refractivity contribution in [2.45, 2.75) is 19.8 Å². The maximum atomic E-state index is 12.4. The Bertz CT molecular complexity index is 1410. The Morgan fingerprint density at radius 3 is 2.49 bits per heavy atom. The zero-order valence-corrected chi connectivity index (χ0v) is 21.1. The number of allylic oxidation sites excluding steroid dienone is 1. The summed E-state index contributed by atoms with van der Waals surface area (Å²) in [6.07, 6.45) is 2.95. The summed E-state index contributed by atoms with van der Waals surface area (Å²) in [6, 6.07) is 19.7. The lowest BCUT2D eigenvalue weighted by Gasteiger charge is -2.27. The number of esters is 1. The predicted molar refractivity (Wildman–Crippen MR) is 141 cm³/mol. The zero-order chi connectivity index (χ0) is 26.4. The van der Waals surface area contributed by atoms with E-state index >= 15 is 0 Å². The van der Waals surface area contributed by atoms with Gasteiger partial charge in [0.05, 0.1) is 19.1 Å². The largest absolute Gasteiger partial charge is 0.490 e. The molecule has 0 aliphatic carbocycles. The van der Waals surface area contributed by atoms with Gasteiger partial charge in [0.25, 0.3) is 0 Å². The van der Waals surface area contributed by atoms with Crippen LogP contribution in [0, 0.1) is 11.3 Å². The molecule has 0 spiro atoms. The molecule has 1 atom stereocenters. The number of nitrogens with zero attached hydrogens (tertiary/aromatic N) is 1. The van der Waals surface area contributed by atoms with Crippen LogP contribution in [-0.4, -0.2) is 19.2 Å². The fraction of sp³-hybridized carbons (Fsp3) is 0.172. The van der Waals surface area contributed by atoms with Crippen molar-refractivity contribution in [3.63, 3.8) is 0 Å². The summed E-state index contributed by atoms with van der Waals surface area (Å²) in [6.45, 7) is 4.73. The molecule has 3 aromatic rings. The third-order valence-corrected chi connectivity index (χ3v) is 5.84. The van der Waals surface area contributed by atoms with Crippen molar-refractivity contribution >= 4 is 23.6 Å². The molecule has 0 saturated heterocycles. The van der Waals surface area contributed by atoms with Gasteiger partial charge in [0, 0.05) is 22.7 Å².